The van der Waals surface area contributed by atoms with E-state index in [1.165, 1.54) is 4.88 Å². The van der Waals surface area contributed by atoms with Gasteiger partial charge in [0.1, 0.15) is 0 Å². The maximum absolute atomic E-state index is 11.5. The fourth-order valence-electron chi connectivity index (χ4n) is 1.37. The number of amides is 1. The number of nitrogens with two attached hydrogens (primary N) is 1. The molecule has 1 heterocycles. The lowest BCUT2D eigenvalue weighted by Crippen LogP contribution is -2.31. The van der Waals surface area contributed by atoms with E-state index in [1.54, 1.807) is 11.3 Å². The summed E-state index contributed by atoms with van der Waals surface area (Å²) >= 11 is 5.16. The molecule has 6 heteroatoms. The first kappa shape index (κ1) is 17.9. The zero-order valence-electron chi connectivity index (χ0n) is 10.4. The lowest BCUT2D eigenvalue weighted by molar-refractivity contribution is -0.121. The Morgan fingerprint density at radius 3 is 2.83 bits per heavy atom. The Labute approximate surface area is 127 Å². The molecule has 3 N–H and O–H groups in total. The van der Waals surface area contributed by atoms with Crippen LogP contribution in [-0.4, -0.2) is 19.0 Å². The minimum absolute atomic E-state index is 0. The van der Waals surface area contributed by atoms with Gasteiger partial charge in [-0.05, 0) is 53.4 Å². The minimum Gasteiger partial charge on any atom is -0.356 e. The molecule has 1 aromatic rings. The molecule has 0 aliphatic heterocycles. The van der Waals surface area contributed by atoms with Crippen LogP contribution in [0.1, 0.15) is 24.6 Å². The molecule has 0 saturated heterocycles. The first-order chi connectivity index (χ1) is 8.11. The van der Waals surface area contributed by atoms with Crippen LogP contribution in [0.2, 0.25) is 0 Å². The maximum Gasteiger partial charge on any atom is 0.220 e. The van der Waals surface area contributed by atoms with Crippen LogP contribution in [0, 0.1) is 5.92 Å². The number of halogens is 2. The van der Waals surface area contributed by atoms with Gasteiger partial charge in [-0.2, -0.15) is 0 Å². The molecule has 0 aliphatic rings. The van der Waals surface area contributed by atoms with Crippen LogP contribution in [0.15, 0.2) is 15.9 Å². The van der Waals surface area contributed by atoms with Gasteiger partial charge in [-0.25, -0.2) is 0 Å². The van der Waals surface area contributed by atoms with Gasteiger partial charge in [0.05, 0.1) is 3.79 Å². The molecule has 0 aliphatic carbocycles. The van der Waals surface area contributed by atoms with Gasteiger partial charge in [-0.1, -0.05) is 6.92 Å². The number of aryl methyl sites for hydroxylation is 1. The third kappa shape index (κ3) is 7.36. The molecule has 0 radical (unpaired) electrons. The van der Waals surface area contributed by atoms with Gasteiger partial charge < -0.3 is 11.1 Å². The molecular formula is C12H20BrClN2OS. The van der Waals surface area contributed by atoms with Crippen molar-refractivity contribution in [2.24, 2.45) is 11.7 Å². The van der Waals surface area contributed by atoms with Gasteiger partial charge in [0.2, 0.25) is 5.91 Å². The molecule has 18 heavy (non-hydrogen) atoms. The molecule has 1 unspecified atom stereocenters. The monoisotopic (exact) mass is 354 g/mol. The Balaban J connectivity index is 0.00000289. The van der Waals surface area contributed by atoms with Crippen molar-refractivity contribution in [1.82, 2.24) is 5.32 Å². The Bertz CT molecular complexity index is 360. The highest BCUT2D eigenvalue weighted by Gasteiger charge is 2.05. The van der Waals surface area contributed by atoms with Gasteiger partial charge in [0.25, 0.3) is 0 Å². The number of rotatable bonds is 7. The summed E-state index contributed by atoms with van der Waals surface area (Å²) in [6.45, 7) is 3.33. The fourth-order valence-corrected chi connectivity index (χ4v) is 2.89. The van der Waals surface area contributed by atoms with Gasteiger partial charge >= 0.3 is 0 Å². The predicted molar refractivity (Wildman–Crippen MR) is 83.4 cm³/mol. The highest BCUT2D eigenvalue weighted by atomic mass is 79.9. The molecule has 0 aromatic carbocycles. The summed E-state index contributed by atoms with van der Waals surface area (Å²) in [7, 11) is 0. The zero-order valence-corrected chi connectivity index (χ0v) is 13.7. The quantitative estimate of drug-likeness (QED) is 0.790. The average molecular weight is 356 g/mol. The molecule has 3 nitrogen and oxygen atoms in total. The van der Waals surface area contributed by atoms with Crippen LogP contribution < -0.4 is 11.1 Å². The number of nitrogens with one attached hydrogen (secondary N) is 1. The summed E-state index contributed by atoms with van der Waals surface area (Å²) in [5.74, 6) is 0.480. The van der Waals surface area contributed by atoms with Gasteiger partial charge in [0, 0.05) is 17.8 Å². The standard InChI is InChI=1S/C12H19BrN2OS.ClH/c1-9(7-14)8-15-12(16)4-2-3-10-5-6-11(13)17-10;/h5-6,9H,2-4,7-8,14H2,1H3,(H,15,16);1H. The second-order valence-corrected chi connectivity index (χ2v) is 6.75. The highest BCUT2D eigenvalue weighted by Crippen LogP contribution is 2.23. The fraction of sp³-hybridized carbons (Fsp3) is 0.583. The summed E-state index contributed by atoms with van der Waals surface area (Å²) in [6, 6.07) is 4.14. The van der Waals surface area contributed by atoms with E-state index in [2.05, 4.69) is 27.3 Å². The van der Waals surface area contributed by atoms with Crippen molar-refractivity contribution in [1.29, 1.82) is 0 Å². The van der Waals surface area contributed by atoms with Crippen LogP contribution >= 0.6 is 39.7 Å². The number of hydrogen-bond donors (Lipinski definition) is 2. The molecule has 0 spiro atoms. The Hall–Kier alpha value is -0.100. The smallest absolute Gasteiger partial charge is 0.220 e. The van der Waals surface area contributed by atoms with Crippen molar-refractivity contribution in [3.63, 3.8) is 0 Å². The topological polar surface area (TPSA) is 55.1 Å². The van der Waals surface area contributed by atoms with Crippen molar-refractivity contribution < 1.29 is 4.79 Å². The third-order valence-corrected chi connectivity index (χ3v) is 4.19. The Morgan fingerprint density at radius 1 is 1.56 bits per heavy atom. The second kappa shape index (κ2) is 9.78. The summed E-state index contributed by atoms with van der Waals surface area (Å²) in [6.07, 6.45) is 2.46. The Morgan fingerprint density at radius 2 is 2.28 bits per heavy atom. The van der Waals surface area contributed by atoms with E-state index in [0.717, 1.165) is 16.6 Å². The SMILES string of the molecule is CC(CN)CNC(=O)CCCc1ccc(Br)s1.Cl. The molecule has 1 atom stereocenters. The van der Waals surface area contributed by atoms with Crippen molar-refractivity contribution in [2.45, 2.75) is 26.2 Å². The van der Waals surface area contributed by atoms with Crippen LogP contribution in [0.5, 0.6) is 0 Å². The van der Waals surface area contributed by atoms with E-state index in [1.807, 2.05) is 13.0 Å². The van der Waals surface area contributed by atoms with E-state index >= 15 is 0 Å². The summed E-state index contributed by atoms with van der Waals surface area (Å²) < 4.78 is 1.15. The highest BCUT2D eigenvalue weighted by molar-refractivity contribution is 9.11. The molecule has 1 amide bonds. The molecule has 0 saturated carbocycles. The van der Waals surface area contributed by atoms with E-state index in [9.17, 15) is 4.79 Å². The molecule has 0 bridgehead atoms. The molecule has 1 rings (SSSR count). The number of thiophene rings is 1. The van der Waals surface area contributed by atoms with E-state index < -0.39 is 0 Å². The maximum atomic E-state index is 11.5. The number of carbonyl (C=O) groups excluding carboxylic acids is 1. The van der Waals surface area contributed by atoms with Crippen molar-refractivity contribution >= 4 is 45.6 Å². The van der Waals surface area contributed by atoms with Crippen molar-refractivity contribution in [2.75, 3.05) is 13.1 Å². The molecule has 1 aromatic heterocycles. The van der Waals surface area contributed by atoms with E-state index in [-0.39, 0.29) is 18.3 Å². The van der Waals surface area contributed by atoms with E-state index in [4.69, 9.17) is 5.73 Å². The summed E-state index contributed by atoms with van der Waals surface area (Å²) in [5, 5.41) is 2.90. The van der Waals surface area contributed by atoms with Gasteiger partial charge in [-0.15, -0.1) is 23.7 Å². The lowest BCUT2D eigenvalue weighted by Gasteiger charge is -2.09. The van der Waals surface area contributed by atoms with Crippen molar-refractivity contribution in [3.8, 4) is 0 Å². The number of carbonyl (C=O) groups is 1. The van der Waals surface area contributed by atoms with Crippen molar-refractivity contribution in [3.05, 3.63) is 20.8 Å². The second-order valence-electron chi connectivity index (χ2n) is 4.20. The molecule has 104 valence electrons. The first-order valence-corrected chi connectivity index (χ1v) is 7.43. The van der Waals surface area contributed by atoms with Gasteiger partial charge in [-0.3, -0.25) is 4.79 Å². The number of hydrogen-bond acceptors (Lipinski definition) is 3. The Kier molecular flexibility index (Phi) is 9.73. The summed E-state index contributed by atoms with van der Waals surface area (Å²) in [4.78, 5) is 12.8. The van der Waals surface area contributed by atoms with Crippen LogP contribution in [0.3, 0.4) is 0 Å². The van der Waals surface area contributed by atoms with Crippen LogP contribution in [0.4, 0.5) is 0 Å². The zero-order chi connectivity index (χ0) is 12.7. The predicted octanol–water partition coefficient (Wildman–Crippen LogP) is 2.97. The normalized spacial score (nSPS) is 11.7. The van der Waals surface area contributed by atoms with Crippen LogP contribution in [0.25, 0.3) is 0 Å². The van der Waals surface area contributed by atoms with Crippen LogP contribution in [-0.2, 0) is 11.2 Å². The lowest BCUT2D eigenvalue weighted by atomic mass is 10.1. The largest absolute Gasteiger partial charge is 0.356 e. The average Bonchev–Trinajstić information content (AvgIpc) is 2.72. The van der Waals surface area contributed by atoms with E-state index in [0.29, 0.717) is 25.4 Å². The summed E-state index contributed by atoms with van der Waals surface area (Å²) in [5.41, 5.74) is 5.48. The minimum atomic E-state index is 0. The third-order valence-electron chi connectivity index (χ3n) is 2.51. The molecule has 0 fully saturated rings. The van der Waals surface area contributed by atoms with Gasteiger partial charge in [0.15, 0.2) is 0 Å². The molecular weight excluding hydrogens is 336 g/mol. The first-order valence-electron chi connectivity index (χ1n) is 5.82.